The van der Waals surface area contributed by atoms with Crippen molar-refractivity contribution in [3.63, 3.8) is 0 Å². The van der Waals surface area contributed by atoms with Gasteiger partial charge >= 0.3 is 0 Å². The highest BCUT2D eigenvalue weighted by molar-refractivity contribution is 5.79. The molecule has 0 spiro atoms. The normalized spacial score (nSPS) is 9.83. The summed E-state index contributed by atoms with van der Waals surface area (Å²) >= 11 is 0. The second-order valence-electron chi connectivity index (χ2n) is 4.17. The molecule has 0 unspecified atom stereocenters. The van der Waals surface area contributed by atoms with E-state index < -0.39 is 0 Å². The van der Waals surface area contributed by atoms with Crippen LogP contribution in [0.5, 0.6) is 0 Å². The van der Waals surface area contributed by atoms with Gasteiger partial charge in [0.2, 0.25) is 5.91 Å². The zero-order valence-corrected chi connectivity index (χ0v) is 10.9. The molecule has 0 radical (unpaired) electrons. The molecule has 0 heterocycles. The van der Waals surface area contributed by atoms with Gasteiger partial charge in [-0.1, -0.05) is 37.1 Å². The fraction of sp³-hybridized carbons (Fsp3) is 0.400. The summed E-state index contributed by atoms with van der Waals surface area (Å²) in [6.07, 6.45) is 6.56. The van der Waals surface area contributed by atoms with E-state index in [4.69, 9.17) is 12.2 Å². The highest BCUT2D eigenvalue weighted by Gasteiger charge is 2.13. The third-order valence-electron chi connectivity index (χ3n) is 2.81. The van der Waals surface area contributed by atoms with E-state index in [0.717, 1.165) is 17.5 Å². The molecule has 1 amide bonds. The number of hydrogen-bond donors (Lipinski definition) is 1. The minimum absolute atomic E-state index is 0.0655. The highest BCUT2D eigenvalue weighted by Crippen LogP contribution is 2.10. The summed E-state index contributed by atoms with van der Waals surface area (Å²) in [5, 5.41) is 0. The first kappa shape index (κ1) is 14.3. The van der Waals surface area contributed by atoms with Crippen LogP contribution in [-0.4, -0.2) is 23.9 Å². The van der Waals surface area contributed by atoms with Gasteiger partial charge < -0.3 is 10.6 Å². The predicted molar refractivity (Wildman–Crippen MR) is 73.7 cm³/mol. The van der Waals surface area contributed by atoms with Crippen molar-refractivity contribution in [1.29, 1.82) is 0 Å². The maximum Gasteiger partial charge on any atom is 0.227 e. The van der Waals surface area contributed by atoms with Gasteiger partial charge in [0.25, 0.3) is 0 Å². The Bertz CT molecular complexity index is 434. The summed E-state index contributed by atoms with van der Waals surface area (Å²) in [6, 6.07) is 7.75. The molecule has 0 saturated heterocycles. The average Bonchev–Trinajstić information content (AvgIpc) is 2.39. The molecular formula is C15H20N2O. The second-order valence-corrected chi connectivity index (χ2v) is 4.17. The minimum atomic E-state index is 0.0655. The number of benzene rings is 1. The summed E-state index contributed by atoms with van der Waals surface area (Å²) in [4.78, 5) is 13.9. The van der Waals surface area contributed by atoms with Crippen LogP contribution in [-0.2, 0) is 17.8 Å². The van der Waals surface area contributed by atoms with Crippen molar-refractivity contribution >= 4 is 5.91 Å². The molecule has 0 aliphatic heterocycles. The molecule has 18 heavy (non-hydrogen) atoms. The van der Waals surface area contributed by atoms with Crippen molar-refractivity contribution in [3.8, 4) is 12.3 Å². The Labute approximate surface area is 109 Å². The van der Waals surface area contributed by atoms with E-state index in [1.54, 1.807) is 4.90 Å². The Balaban J connectivity index is 2.76. The van der Waals surface area contributed by atoms with Crippen LogP contribution in [0.15, 0.2) is 24.3 Å². The van der Waals surface area contributed by atoms with Gasteiger partial charge in [0.15, 0.2) is 0 Å². The maximum absolute atomic E-state index is 12.2. The molecule has 0 bridgehead atoms. The maximum atomic E-state index is 12.2. The van der Waals surface area contributed by atoms with Gasteiger partial charge in [-0.25, -0.2) is 0 Å². The number of carbonyl (C=O) groups excluding carboxylic acids is 1. The monoisotopic (exact) mass is 244 g/mol. The van der Waals surface area contributed by atoms with E-state index in [9.17, 15) is 4.79 Å². The highest BCUT2D eigenvalue weighted by atomic mass is 16.2. The molecule has 96 valence electrons. The molecule has 2 N–H and O–H groups in total. The molecule has 3 nitrogen and oxygen atoms in total. The molecule has 3 heteroatoms. The number of rotatable bonds is 6. The number of nitrogens with zero attached hydrogens (tertiary/aromatic N) is 1. The lowest BCUT2D eigenvalue weighted by Crippen LogP contribution is -2.33. The van der Waals surface area contributed by atoms with Crippen molar-refractivity contribution in [2.75, 3.05) is 13.1 Å². The summed E-state index contributed by atoms with van der Waals surface area (Å²) < 4.78 is 0. The van der Waals surface area contributed by atoms with Gasteiger partial charge in [-0.2, -0.15) is 0 Å². The second kappa shape index (κ2) is 7.52. The summed E-state index contributed by atoms with van der Waals surface area (Å²) in [5.41, 5.74) is 7.67. The van der Waals surface area contributed by atoms with E-state index >= 15 is 0 Å². The van der Waals surface area contributed by atoms with Crippen LogP contribution in [0.4, 0.5) is 0 Å². The van der Waals surface area contributed by atoms with Crippen molar-refractivity contribution in [1.82, 2.24) is 4.90 Å². The van der Waals surface area contributed by atoms with Crippen LogP contribution in [0.2, 0.25) is 0 Å². The van der Waals surface area contributed by atoms with Crippen molar-refractivity contribution in [3.05, 3.63) is 35.4 Å². The smallest absolute Gasteiger partial charge is 0.227 e. The first-order valence-electron chi connectivity index (χ1n) is 6.21. The van der Waals surface area contributed by atoms with Gasteiger partial charge in [0, 0.05) is 13.1 Å². The lowest BCUT2D eigenvalue weighted by molar-refractivity contribution is -0.129. The third kappa shape index (κ3) is 3.90. The van der Waals surface area contributed by atoms with Crippen molar-refractivity contribution in [2.24, 2.45) is 5.73 Å². The molecule has 0 atom stereocenters. The lowest BCUT2D eigenvalue weighted by Gasteiger charge is -2.20. The van der Waals surface area contributed by atoms with Crippen LogP contribution in [0.3, 0.4) is 0 Å². The number of carbonyl (C=O) groups is 1. The van der Waals surface area contributed by atoms with E-state index in [0.29, 0.717) is 26.1 Å². The number of nitrogens with two attached hydrogens (primary N) is 1. The lowest BCUT2D eigenvalue weighted by atomic mass is 10.0. The third-order valence-corrected chi connectivity index (χ3v) is 2.81. The first-order chi connectivity index (χ1) is 8.72. The van der Waals surface area contributed by atoms with Crippen LogP contribution < -0.4 is 5.73 Å². The Morgan fingerprint density at radius 1 is 1.39 bits per heavy atom. The number of terminal acetylenes is 1. The Kier molecular flexibility index (Phi) is 5.96. The van der Waals surface area contributed by atoms with Crippen LogP contribution in [0, 0.1) is 12.3 Å². The largest absolute Gasteiger partial charge is 0.331 e. The number of hydrogen-bond acceptors (Lipinski definition) is 2. The Hall–Kier alpha value is -1.79. The van der Waals surface area contributed by atoms with E-state index in [2.05, 4.69) is 5.92 Å². The fourth-order valence-electron chi connectivity index (χ4n) is 1.88. The van der Waals surface area contributed by atoms with E-state index in [-0.39, 0.29) is 5.91 Å². The fourth-order valence-corrected chi connectivity index (χ4v) is 1.88. The van der Waals surface area contributed by atoms with E-state index in [1.807, 2.05) is 31.2 Å². The van der Waals surface area contributed by atoms with Gasteiger partial charge in [-0.3, -0.25) is 4.79 Å². The molecule has 0 aliphatic carbocycles. The minimum Gasteiger partial charge on any atom is -0.331 e. The summed E-state index contributed by atoms with van der Waals surface area (Å²) in [7, 11) is 0. The van der Waals surface area contributed by atoms with Gasteiger partial charge in [0.05, 0.1) is 13.0 Å². The quantitative estimate of drug-likeness (QED) is 0.772. The molecule has 1 aromatic carbocycles. The van der Waals surface area contributed by atoms with Gasteiger partial charge in [-0.05, 0) is 17.5 Å². The summed E-state index contributed by atoms with van der Waals surface area (Å²) in [5.74, 6) is 2.59. The number of amides is 1. The predicted octanol–water partition coefficient (Wildman–Crippen LogP) is 1.56. The zero-order valence-electron chi connectivity index (χ0n) is 10.9. The van der Waals surface area contributed by atoms with E-state index in [1.165, 1.54) is 0 Å². The molecule has 1 aromatic rings. The molecule has 0 aliphatic rings. The Morgan fingerprint density at radius 2 is 2.06 bits per heavy atom. The SMILES string of the molecule is C#CCN(CCC)C(=O)Cc1ccccc1CN. The summed E-state index contributed by atoms with van der Waals surface area (Å²) in [6.45, 7) is 3.56. The molecule has 0 aromatic heterocycles. The molecular weight excluding hydrogens is 224 g/mol. The standard InChI is InChI=1S/C15H20N2O/c1-3-9-17(10-4-2)15(18)11-13-7-5-6-8-14(13)12-16/h1,5-8H,4,9-12,16H2,2H3. The Morgan fingerprint density at radius 3 is 2.61 bits per heavy atom. The topological polar surface area (TPSA) is 46.3 Å². The van der Waals surface area contributed by atoms with Crippen molar-refractivity contribution < 1.29 is 4.79 Å². The van der Waals surface area contributed by atoms with Crippen molar-refractivity contribution in [2.45, 2.75) is 26.3 Å². The van der Waals surface area contributed by atoms with Gasteiger partial charge in [0.1, 0.15) is 0 Å². The molecule has 0 fully saturated rings. The van der Waals surface area contributed by atoms with Crippen LogP contribution >= 0.6 is 0 Å². The first-order valence-corrected chi connectivity index (χ1v) is 6.21. The average molecular weight is 244 g/mol. The zero-order chi connectivity index (χ0) is 13.4. The molecule has 0 saturated carbocycles. The van der Waals surface area contributed by atoms with Crippen LogP contribution in [0.1, 0.15) is 24.5 Å². The van der Waals surface area contributed by atoms with Crippen LogP contribution in [0.25, 0.3) is 0 Å². The molecule has 1 rings (SSSR count). The van der Waals surface area contributed by atoms with Gasteiger partial charge in [-0.15, -0.1) is 6.42 Å².